The van der Waals surface area contributed by atoms with Crippen LogP contribution in [0.3, 0.4) is 0 Å². The second-order valence-corrected chi connectivity index (χ2v) is 6.07. The Morgan fingerprint density at radius 3 is 2.44 bits per heavy atom. The molecule has 1 saturated carbocycles. The molecular weight excluding hydrogens is 228 g/mol. The van der Waals surface area contributed by atoms with Crippen molar-refractivity contribution >= 4 is 0 Å². The molecule has 2 rings (SSSR count). The molecule has 1 saturated heterocycles. The van der Waals surface area contributed by atoms with E-state index in [1.54, 1.807) is 0 Å². The molecule has 1 aliphatic carbocycles. The molecule has 104 valence electrons. The summed E-state index contributed by atoms with van der Waals surface area (Å²) in [7, 11) is 0. The molecule has 0 bridgehead atoms. The minimum absolute atomic E-state index is 0.132. The Hall–Kier alpha value is -0.380. The summed E-state index contributed by atoms with van der Waals surface area (Å²) in [4.78, 5) is 0. The van der Waals surface area contributed by atoms with E-state index < -0.39 is 11.9 Å². The molecule has 3 nitrogen and oxygen atoms in total. The second-order valence-electron chi connectivity index (χ2n) is 6.07. The molecule has 0 radical (unpaired) electrons. The van der Waals surface area contributed by atoms with Crippen LogP contribution in [0.1, 0.15) is 46.0 Å². The lowest BCUT2D eigenvalue weighted by Gasteiger charge is -2.33. The maximum atomic E-state index is 10.5. The molecule has 0 spiro atoms. The molecule has 2 aliphatic rings. The minimum atomic E-state index is -0.566. The monoisotopic (exact) mass is 254 g/mol. The van der Waals surface area contributed by atoms with Crippen molar-refractivity contribution in [3.63, 3.8) is 0 Å². The van der Waals surface area contributed by atoms with Crippen LogP contribution in [0.25, 0.3) is 0 Å². The zero-order valence-corrected chi connectivity index (χ0v) is 11.6. The lowest BCUT2D eigenvalue weighted by Crippen LogP contribution is -2.39. The largest absolute Gasteiger partial charge is 0.390 e. The summed E-state index contributed by atoms with van der Waals surface area (Å²) in [5.74, 6) is 0.121. The summed E-state index contributed by atoms with van der Waals surface area (Å²) >= 11 is 0. The van der Waals surface area contributed by atoms with Crippen LogP contribution < -0.4 is 0 Å². The van der Waals surface area contributed by atoms with Gasteiger partial charge < -0.3 is 14.6 Å². The summed E-state index contributed by atoms with van der Waals surface area (Å²) in [6.07, 6.45) is 7.47. The van der Waals surface area contributed by atoms with Gasteiger partial charge in [-0.15, -0.1) is 6.58 Å². The highest BCUT2D eigenvalue weighted by atomic mass is 16.7. The van der Waals surface area contributed by atoms with Gasteiger partial charge in [0.15, 0.2) is 5.79 Å². The maximum Gasteiger partial charge on any atom is 0.163 e. The first-order valence-electron chi connectivity index (χ1n) is 7.16. The van der Waals surface area contributed by atoms with Crippen LogP contribution in [0.2, 0.25) is 0 Å². The van der Waals surface area contributed by atoms with Gasteiger partial charge in [0.05, 0.1) is 12.7 Å². The molecule has 0 aromatic rings. The van der Waals surface area contributed by atoms with Gasteiger partial charge in [-0.3, -0.25) is 0 Å². The van der Waals surface area contributed by atoms with Gasteiger partial charge in [-0.2, -0.15) is 0 Å². The van der Waals surface area contributed by atoms with Crippen molar-refractivity contribution < 1.29 is 14.6 Å². The van der Waals surface area contributed by atoms with Gasteiger partial charge in [-0.05, 0) is 32.6 Å². The van der Waals surface area contributed by atoms with Gasteiger partial charge in [0.25, 0.3) is 0 Å². The van der Waals surface area contributed by atoms with Gasteiger partial charge in [-0.1, -0.05) is 25.3 Å². The zero-order valence-electron chi connectivity index (χ0n) is 11.6. The third-order valence-corrected chi connectivity index (χ3v) is 4.27. The molecule has 1 heterocycles. The van der Waals surface area contributed by atoms with Crippen LogP contribution in [0, 0.1) is 11.8 Å². The Bertz CT molecular complexity index is 281. The number of aliphatic hydroxyl groups excluding tert-OH is 1. The van der Waals surface area contributed by atoms with E-state index in [1.807, 2.05) is 19.9 Å². The first kappa shape index (κ1) is 14.0. The first-order chi connectivity index (χ1) is 8.53. The Morgan fingerprint density at radius 1 is 1.28 bits per heavy atom. The maximum absolute atomic E-state index is 10.5. The van der Waals surface area contributed by atoms with Crippen LogP contribution in [0.15, 0.2) is 12.7 Å². The molecule has 1 aliphatic heterocycles. The van der Waals surface area contributed by atoms with Crippen molar-refractivity contribution in [2.24, 2.45) is 11.8 Å². The summed E-state index contributed by atoms with van der Waals surface area (Å²) in [5.41, 5.74) is 0. The molecule has 3 heteroatoms. The predicted molar refractivity (Wildman–Crippen MR) is 71.2 cm³/mol. The SMILES string of the molecule is C=C[C@@H](C1CCCCC1)[C@@H](O)[C@H]1COC(C)(C)O1. The van der Waals surface area contributed by atoms with Crippen molar-refractivity contribution in [2.45, 2.75) is 63.9 Å². The fourth-order valence-corrected chi connectivity index (χ4v) is 3.26. The van der Waals surface area contributed by atoms with Gasteiger partial charge in [0, 0.05) is 5.92 Å². The minimum Gasteiger partial charge on any atom is -0.390 e. The Balaban J connectivity index is 1.96. The highest BCUT2D eigenvalue weighted by Gasteiger charge is 2.40. The molecular formula is C15H26O3. The lowest BCUT2D eigenvalue weighted by molar-refractivity contribution is -0.155. The quantitative estimate of drug-likeness (QED) is 0.784. The summed E-state index contributed by atoms with van der Waals surface area (Å²) in [6.45, 7) is 8.17. The van der Waals surface area contributed by atoms with Crippen LogP contribution >= 0.6 is 0 Å². The van der Waals surface area contributed by atoms with E-state index in [4.69, 9.17) is 9.47 Å². The Kier molecular flexibility index (Phi) is 4.46. The third-order valence-electron chi connectivity index (χ3n) is 4.27. The van der Waals surface area contributed by atoms with Crippen LogP contribution in [-0.2, 0) is 9.47 Å². The number of ether oxygens (including phenoxy) is 2. The van der Waals surface area contributed by atoms with Crippen LogP contribution in [0.5, 0.6) is 0 Å². The molecule has 1 N–H and O–H groups in total. The van der Waals surface area contributed by atoms with Crippen molar-refractivity contribution in [1.82, 2.24) is 0 Å². The van der Waals surface area contributed by atoms with Crippen LogP contribution in [-0.4, -0.2) is 29.7 Å². The fourth-order valence-electron chi connectivity index (χ4n) is 3.26. The smallest absolute Gasteiger partial charge is 0.163 e. The normalized spacial score (nSPS) is 32.1. The molecule has 18 heavy (non-hydrogen) atoms. The zero-order chi connectivity index (χ0) is 13.2. The average molecular weight is 254 g/mol. The van der Waals surface area contributed by atoms with Gasteiger partial charge in [-0.25, -0.2) is 0 Å². The van der Waals surface area contributed by atoms with Gasteiger partial charge >= 0.3 is 0 Å². The highest BCUT2D eigenvalue weighted by molar-refractivity contribution is 4.95. The van der Waals surface area contributed by atoms with E-state index in [0.717, 1.165) is 0 Å². The molecule has 2 fully saturated rings. The lowest BCUT2D eigenvalue weighted by atomic mass is 9.76. The number of rotatable bonds is 4. The molecule has 0 aromatic heterocycles. The standard InChI is InChI=1S/C15H26O3/c1-4-12(11-8-6-5-7-9-11)14(16)13-10-17-15(2,3)18-13/h4,11-14,16H,1,5-10H2,2-3H3/t12-,13+,14+/m0/s1. The number of hydrogen-bond donors (Lipinski definition) is 1. The fraction of sp³-hybridized carbons (Fsp3) is 0.867. The first-order valence-corrected chi connectivity index (χ1v) is 7.16. The number of aliphatic hydroxyl groups is 1. The van der Waals surface area contributed by atoms with Crippen molar-refractivity contribution in [3.8, 4) is 0 Å². The topological polar surface area (TPSA) is 38.7 Å². The van der Waals surface area contributed by atoms with E-state index in [0.29, 0.717) is 12.5 Å². The van der Waals surface area contributed by atoms with Crippen molar-refractivity contribution in [1.29, 1.82) is 0 Å². The Labute approximate surface area is 110 Å². The second kappa shape index (κ2) is 5.72. The van der Waals surface area contributed by atoms with E-state index in [-0.39, 0.29) is 12.0 Å². The van der Waals surface area contributed by atoms with E-state index in [9.17, 15) is 5.11 Å². The summed E-state index contributed by atoms with van der Waals surface area (Å²) in [5, 5.41) is 10.5. The van der Waals surface area contributed by atoms with E-state index >= 15 is 0 Å². The summed E-state index contributed by atoms with van der Waals surface area (Å²) < 4.78 is 11.3. The highest BCUT2D eigenvalue weighted by Crippen LogP contribution is 2.36. The van der Waals surface area contributed by atoms with E-state index in [1.165, 1.54) is 32.1 Å². The molecule has 0 unspecified atom stereocenters. The van der Waals surface area contributed by atoms with Gasteiger partial charge in [0.1, 0.15) is 6.10 Å². The molecule has 0 amide bonds. The predicted octanol–water partition coefficient (Wildman–Crippen LogP) is 2.88. The Morgan fingerprint density at radius 2 is 1.94 bits per heavy atom. The summed E-state index contributed by atoms with van der Waals surface area (Å²) in [6, 6.07) is 0. The average Bonchev–Trinajstić information content (AvgIpc) is 2.72. The third kappa shape index (κ3) is 3.14. The van der Waals surface area contributed by atoms with Gasteiger partial charge in [0.2, 0.25) is 0 Å². The van der Waals surface area contributed by atoms with Crippen molar-refractivity contribution in [2.75, 3.05) is 6.61 Å². The van der Waals surface area contributed by atoms with Crippen molar-refractivity contribution in [3.05, 3.63) is 12.7 Å². The molecule has 3 atom stereocenters. The van der Waals surface area contributed by atoms with E-state index in [2.05, 4.69) is 6.58 Å². The number of hydrogen-bond acceptors (Lipinski definition) is 3. The molecule has 0 aromatic carbocycles. The van der Waals surface area contributed by atoms with Crippen LogP contribution in [0.4, 0.5) is 0 Å².